The standard InChI is InChI=1S/C10H12ClN3/c1-7-4-2-3-5-9(7)14-10(13)8(11)6-12/h2-6,8,12H,1H3,(H2,13,14). The summed E-state index contributed by atoms with van der Waals surface area (Å²) in [5.41, 5.74) is 7.42. The molecule has 0 heterocycles. The van der Waals surface area contributed by atoms with Crippen LogP contribution in [-0.4, -0.2) is 17.4 Å². The van der Waals surface area contributed by atoms with Gasteiger partial charge in [0.15, 0.2) is 0 Å². The molecule has 0 aromatic heterocycles. The minimum atomic E-state index is -0.630. The van der Waals surface area contributed by atoms with Gasteiger partial charge in [0.05, 0.1) is 5.69 Å². The average Bonchev–Trinajstić information content (AvgIpc) is 2.20. The van der Waals surface area contributed by atoms with Gasteiger partial charge in [-0.1, -0.05) is 18.2 Å². The lowest BCUT2D eigenvalue weighted by molar-refractivity contribution is 1.34. The van der Waals surface area contributed by atoms with Gasteiger partial charge in [-0.3, -0.25) is 0 Å². The lowest BCUT2D eigenvalue weighted by atomic mass is 10.2. The number of hydrogen-bond donors (Lipinski definition) is 2. The first-order valence-electron chi connectivity index (χ1n) is 4.19. The van der Waals surface area contributed by atoms with Crippen molar-refractivity contribution in [1.82, 2.24) is 0 Å². The maximum atomic E-state index is 6.94. The van der Waals surface area contributed by atoms with Crippen molar-refractivity contribution in [2.75, 3.05) is 0 Å². The highest BCUT2D eigenvalue weighted by Crippen LogP contribution is 2.17. The van der Waals surface area contributed by atoms with Crippen LogP contribution < -0.4 is 5.73 Å². The van der Waals surface area contributed by atoms with E-state index >= 15 is 0 Å². The molecule has 4 heteroatoms. The molecular formula is C10H12ClN3. The highest BCUT2D eigenvalue weighted by molar-refractivity contribution is 6.39. The lowest BCUT2D eigenvalue weighted by Crippen LogP contribution is -2.24. The van der Waals surface area contributed by atoms with Crippen LogP contribution in [0, 0.1) is 12.3 Å². The first kappa shape index (κ1) is 10.7. The minimum Gasteiger partial charge on any atom is -0.386 e. The summed E-state index contributed by atoms with van der Waals surface area (Å²) >= 11 is 5.72. The van der Waals surface area contributed by atoms with Crippen LogP contribution >= 0.6 is 11.6 Å². The Morgan fingerprint density at radius 2 is 2.21 bits per heavy atom. The van der Waals surface area contributed by atoms with Gasteiger partial charge in [0, 0.05) is 6.21 Å². The summed E-state index contributed by atoms with van der Waals surface area (Å²) in [6, 6.07) is 7.61. The SMILES string of the molecule is Cc1ccccc1N=C(N)C(Cl)C=N. The fraction of sp³-hybridized carbons (Fsp3) is 0.200. The largest absolute Gasteiger partial charge is 0.386 e. The average molecular weight is 210 g/mol. The molecule has 0 aliphatic rings. The summed E-state index contributed by atoms with van der Waals surface area (Å²) in [5, 5.41) is 6.31. The molecule has 1 unspecified atom stereocenters. The zero-order chi connectivity index (χ0) is 10.6. The van der Waals surface area contributed by atoms with E-state index in [0.29, 0.717) is 0 Å². The molecule has 0 fully saturated rings. The molecule has 0 bridgehead atoms. The summed E-state index contributed by atoms with van der Waals surface area (Å²) < 4.78 is 0. The van der Waals surface area contributed by atoms with Gasteiger partial charge in [-0.2, -0.15) is 0 Å². The van der Waals surface area contributed by atoms with Crippen LogP contribution in [-0.2, 0) is 0 Å². The van der Waals surface area contributed by atoms with Gasteiger partial charge in [0.1, 0.15) is 11.2 Å². The summed E-state index contributed by atoms with van der Waals surface area (Å²) in [5.74, 6) is 0.246. The zero-order valence-corrected chi connectivity index (χ0v) is 8.62. The number of rotatable bonds is 3. The first-order chi connectivity index (χ1) is 6.65. The van der Waals surface area contributed by atoms with Gasteiger partial charge in [-0.05, 0) is 18.6 Å². The number of para-hydroxylation sites is 1. The quantitative estimate of drug-likeness (QED) is 0.448. The lowest BCUT2D eigenvalue weighted by Gasteiger charge is -2.04. The number of aliphatic imine (C=N–C) groups is 1. The molecule has 1 atom stereocenters. The number of amidine groups is 1. The van der Waals surface area contributed by atoms with Crippen molar-refractivity contribution >= 4 is 29.3 Å². The van der Waals surface area contributed by atoms with Crippen molar-refractivity contribution in [3.8, 4) is 0 Å². The Hall–Kier alpha value is -1.35. The van der Waals surface area contributed by atoms with Crippen LogP contribution in [0.2, 0.25) is 0 Å². The Balaban J connectivity index is 2.97. The van der Waals surface area contributed by atoms with Crippen LogP contribution in [0.5, 0.6) is 0 Å². The predicted molar refractivity (Wildman–Crippen MR) is 60.9 cm³/mol. The molecule has 3 N–H and O–H groups in total. The third-order valence-corrected chi connectivity index (χ3v) is 2.14. The van der Waals surface area contributed by atoms with Gasteiger partial charge in [-0.15, -0.1) is 11.6 Å². The van der Waals surface area contributed by atoms with Crippen molar-refractivity contribution < 1.29 is 0 Å². The maximum Gasteiger partial charge on any atom is 0.125 e. The van der Waals surface area contributed by atoms with E-state index in [2.05, 4.69) is 4.99 Å². The second-order valence-corrected chi connectivity index (χ2v) is 3.36. The second kappa shape index (κ2) is 4.77. The number of alkyl halides is 1. The molecule has 1 rings (SSSR count). The number of benzene rings is 1. The number of halogens is 1. The smallest absolute Gasteiger partial charge is 0.125 e. The summed E-state index contributed by atoms with van der Waals surface area (Å²) in [4.78, 5) is 4.14. The number of nitrogens with two attached hydrogens (primary N) is 1. The Morgan fingerprint density at radius 3 is 2.79 bits per heavy atom. The highest BCUT2D eigenvalue weighted by Gasteiger charge is 2.05. The van der Waals surface area contributed by atoms with E-state index in [1.807, 2.05) is 31.2 Å². The third-order valence-electron chi connectivity index (χ3n) is 1.79. The van der Waals surface area contributed by atoms with E-state index in [9.17, 15) is 0 Å². The predicted octanol–water partition coefficient (Wildman–Crippen LogP) is 2.24. The fourth-order valence-corrected chi connectivity index (χ4v) is 1.02. The Labute approximate surface area is 88.1 Å². The molecule has 0 spiro atoms. The Bertz CT molecular complexity index is 360. The number of nitrogens with one attached hydrogen (secondary N) is 1. The molecule has 0 amide bonds. The van der Waals surface area contributed by atoms with Crippen molar-refractivity contribution in [3.05, 3.63) is 29.8 Å². The zero-order valence-electron chi connectivity index (χ0n) is 7.87. The topological polar surface area (TPSA) is 62.2 Å². The summed E-state index contributed by atoms with van der Waals surface area (Å²) in [7, 11) is 0. The van der Waals surface area contributed by atoms with Gasteiger partial charge >= 0.3 is 0 Å². The van der Waals surface area contributed by atoms with Crippen molar-refractivity contribution in [1.29, 1.82) is 5.41 Å². The Kier molecular flexibility index (Phi) is 3.65. The first-order valence-corrected chi connectivity index (χ1v) is 4.63. The molecule has 0 aliphatic heterocycles. The number of aryl methyl sites for hydroxylation is 1. The van der Waals surface area contributed by atoms with E-state index in [0.717, 1.165) is 17.5 Å². The van der Waals surface area contributed by atoms with E-state index in [-0.39, 0.29) is 5.84 Å². The molecule has 74 valence electrons. The minimum absolute atomic E-state index is 0.246. The van der Waals surface area contributed by atoms with Gasteiger partial charge in [0.25, 0.3) is 0 Å². The number of nitrogens with zero attached hydrogens (tertiary/aromatic N) is 1. The van der Waals surface area contributed by atoms with Crippen LogP contribution in [0.1, 0.15) is 5.56 Å². The van der Waals surface area contributed by atoms with Crippen LogP contribution in [0.3, 0.4) is 0 Å². The van der Waals surface area contributed by atoms with E-state index in [1.54, 1.807) is 0 Å². The van der Waals surface area contributed by atoms with Crippen LogP contribution in [0.15, 0.2) is 29.3 Å². The van der Waals surface area contributed by atoms with Crippen molar-refractivity contribution in [2.24, 2.45) is 10.7 Å². The van der Waals surface area contributed by atoms with E-state index < -0.39 is 5.38 Å². The fourth-order valence-electron chi connectivity index (χ4n) is 0.975. The van der Waals surface area contributed by atoms with Crippen molar-refractivity contribution in [3.63, 3.8) is 0 Å². The highest BCUT2D eigenvalue weighted by atomic mass is 35.5. The van der Waals surface area contributed by atoms with Crippen LogP contribution in [0.4, 0.5) is 5.69 Å². The molecule has 14 heavy (non-hydrogen) atoms. The molecule has 1 aromatic carbocycles. The summed E-state index contributed by atoms with van der Waals surface area (Å²) in [6.45, 7) is 1.94. The Morgan fingerprint density at radius 1 is 1.57 bits per heavy atom. The maximum absolute atomic E-state index is 6.94. The normalized spacial score (nSPS) is 13.7. The third kappa shape index (κ3) is 2.57. The molecular weight excluding hydrogens is 198 g/mol. The van der Waals surface area contributed by atoms with E-state index in [4.69, 9.17) is 22.7 Å². The molecule has 0 aliphatic carbocycles. The molecule has 0 radical (unpaired) electrons. The molecule has 0 saturated carbocycles. The van der Waals surface area contributed by atoms with Crippen LogP contribution in [0.25, 0.3) is 0 Å². The molecule has 1 aromatic rings. The van der Waals surface area contributed by atoms with E-state index in [1.165, 1.54) is 0 Å². The summed E-state index contributed by atoms with van der Waals surface area (Å²) in [6.07, 6.45) is 1.05. The molecule has 0 saturated heterocycles. The van der Waals surface area contributed by atoms with Gasteiger partial charge in [-0.25, -0.2) is 4.99 Å². The molecule has 3 nitrogen and oxygen atoms in total. The van der Waals surface area contributed by atoms with Gasteiger partial charge < -0.3 is 11.1 Å². The second-order valence-electron chi connectivity index (χ2n) is 2.89. The van der Waals surface area contributed by atoms with Crippen molar-refractivity contribution in [2.45, 2.75) is 12.3 Å². The monoisotopic (exact) mass is 209 g/mol. The van der Waals surface area contributed by atoms with Gasteiger partial charge in [0.2, 0.25) is 0 Å². The number of hydrogen-bond acceptors (Lipinski definition) is 2.